The number of ether oxygens (including phenoxy) is 1. The van der Waals surface area contributed by atoms with Gasteiger partial charge in [0.25, 0.3) is 0 Å². The predicted octanol–water partition coefficient (Wildman–Crippen LogP) is 2.74. The van der Waals surface area contributed by atoms with Crippen LogP contribution in [0.1, 0.15) is 2.74 Å². The Hall–Kier alpha value is -0.640. The van der Waals surface area contributed by atoms with Gasteiger partial charge in [-0.15, -0.1) is 0 Å². The number of rotatable bonds is 1. The molecule has 1 aromatic rings. The minimum absolute atomic E-state index is 0.122. The molecule has 1 rings (SSSR count). The summed E-state index contributed by atoms with van der Waals surface area (Å²) in [5.74, 6) is -3.12. The molecule has 0 spiro atoms. The smallest absolute Gasteiger partial charge is 0.200 e. The fourth-order valence-corrected chi connectivity index (χ4v) is 0.931. The third-order valence-corrected chi connectivity index (χ3v) is 1.44. The van der Waals surface area contributed by atoms with E-state index < -0.39 is 23.4 Å². The molecule has 0 aliphatic rings. The SMILES string of the molecule is [2H]c1c(F)c(F)c(OC)c([2H])c1Br. The second-order valence-electron chi connectivity index (χ2n) is 1.73. The molecule has 11 heavy (non-hydrogen) atoms. The van der Waals surface area contributed by atoms with Gasteiger partial charge in [0.2, 0.25) is 5.82 Å². The Balaban J connectivity index is 3.56. The Bertz CT molecular complexity index is 328. The van der Waals surface area contributed by atoms with E-state index in [4.69, 9.17) is 2.74 Å². The highest BCUT2D eigenvalue weighted by Gasteiger charge is 2.09. The Morgan fingerprint density at radius 2 is 2.18 bits per heavy atom. The largest absolute Gasteiger partial charge is 0.494 e. The lowest BCUT2D eigenvalue weighted by atomic mass is 10.3. The highest BCUT2D eigenvalue weighted by Crippen LogP contribution is 2.24. The van der Waals surface area contributed by atoms with Gasteiger partial charge in [-0.1, -0.05) is 15.9 Å². The summed E-state index contributed by atoms with van der Waals surface area (Å²) in [7, 11) is 1.13. The molecule has 0 aliphatic heterocycles. The van der Waals surface area contributed by atoms with E-state index in [1.54, 1.807) is 0 Å². The van der Waals surface area contributed by atoms with Gasteiger partial charge < -0.3 is 4.74 Å². The minimum Gasteiger partial charge on any atom is -0.494 e. The molecule has 1 aromatic carbocycles. The van der Waals surface area contributed by atoms with Crippen molar-refractivity contribution in [2.75, 3.05) is 7.11 Å². The molecular weight excluding hydrogens is 218 g/mol. The fraction of sp³-hybridized carbons (Fsp3) is 0.143. The molecule has 0 saturated heterocycles. The van der Waals surface area contributed by atoms with Crippen LogP contribution in [0.5, 0.6) is 5.75 Å². The standard InChI is InChI=1S/C7H5BrF2O/c1-11-6-3-4(8)2-5(9)7(6)10/h2-3H,1H3/i2D,3D. The molecule has 0 amide bonds. The van der Waals surface area contributed by atoms with Gasteiger partial charge >= 0.3 is 0 Å². The number of halogens is 3. The van der Waals surface area contributed by atoms with Crippen LogP contribution in [0.15, 0.2) is 16.6 Å². The van der Waals surface area contributed by atoms with Gasteiger partial charge in [-0.3, -0.25) is 0 Å². The molecule has 0 bridgehead atoms. The minimum atomic E-state index is -1.32. The molecule has 0 N–H and O–H groups in total. The molecule has 0 radical (unpaired) electrons. The van der Waals surface area contributed by atoms with Crippen LogP contribution in [0, 0.1) is 11.6 Å². The average Bonchev–Trinajstić information content (AvgIpc) is 2.13. The number of hydrogen-bond acceptors (Lipinski definition) is 1. The fourth-order valence-electron chi connectivity index (χ4n) is 0.577. The Morgan fingerprint density at radius 3 is 2.73 bits per heavy atom. The third kappa shape index (κ3) is 1.68. The van der Waals surface area contributed by atoms with Gasteiger partial charge in [0.1, 0.15) is 0 Å². The monoisotopic (exact) mass is 224 g/mol. The molecule has 0 aliphatic carbocycles. The zero-order valence-corrected chi connectivity index (χ0v) is 7.13. The van der Waals surface area contributed by atoms with Crippen molar-refractivity contribution < 1.29 is 16.3 Å². The maximum Gasteiger partial charge on any atom is 0.200 e. The first-order valence-electron chi connectivity index (χ1n) is 3.68. The van der Waals surface area contributed by atoms with Crippen molar-refractivity contribution in [3.63, 3.8) is 0 Å². The average molecular weight is 225 g/mol. The van der Waals surface area contributed by atoms with Gasteiger partial charge in [0.15, 0.2) is 11.6 Å². The molecule has 0 atom stereocenters. The zero-order valence-electron chi connectivity index (χ0n) is 7.54. The van der Waals surface area contributed by atoms with Crippen molar-refractivity contribution >= 4 is 15.9 Å². The summed E-state index contributed by atoms with van der Waals surface area (Å²) >= 11 is 2.79. The summed E-state index contributed by atoms with van der Waals surface area (Å²) in [4.78, 5) is 0. The molecule has 4 heteroatoms. The van der Waals surface area contributed by atoms with Crippen LogP contribution in [-0.2, 0) is 0 Å². The Kier molecular flexibility index (Phi) is 1.71. The van der Waals surface area contributed by atoms with Crippen molar-refractivity contribution in [2.24, 2.45) is 0 Å². The van der Waals surface area contributed by atoms with E-state index in [9.17, 15) is 8.78 Å². The van der Waals surface area contributed by atoms with Crippen LogP contribution in [0.4, 0.5) is 8.78 Å². The van der Waals surface area contributed by atoms with Crippen molar-refractivity contribution in [3.8, 4) is 5.75 Å². The zero-order chi connectivity index (χ0) is 10.2. The van der Waals surface area contributed by atoms with E-state index >= 15 is 0 Å². The lowest BCUT2D eigenvalue weighted by molar-refractivity contribution is 0.371. The topological polar surface area (TPSA) is 9.23 Å². The van der Waals surface area contributed by atoms with E-state index in [2.05, 4.69) is 20.7 Å². The summed E-state index contributed by atoms with van der Waals surface area (Å²) in [6, 6.07) is -1.05. The van der Waals surface area contributed by atoms with Crippen molar-refractivity contribution in [1.82, 2.24) is 0 Å². The van der Waals surface area contributed by atoms with Gasteiger partial charge in [-0.2, -0.15) is 4.39 Å². The summed E-state index contributed by atoms with van der Waals surface area (Å²) < 4.78 is 44.5. The van der Waals surface area contributed by atoms with E-state index in [1.807, 2.05) is 0 Å². The van der Waals surface area contributed by atoms with Crippen LogP contribution in [0.25, 0.3) is 0 Å². The van der Waals surface area contributed by atoms with Crippen LogP contribution in [-0.4, -0.2) is 7.11 Å². The summed E-state index contributed by atoms with van der Waals surface area (Å²) in [6.07, 6.45) is 0. The Morgan fingerprint density at radius 1 is 1.55 bits per heavy atom. The lowest BCUT2D eigenvalue weighted by Gasteiger charge is -2.02. The number of benzene rings is 1. The van der Waals surface area contributed by atoms with E-state index in [-0.39, 0.29) is 10.5 Å². The molecule has 1 nitrogen and oxygen atoms in total. The first-order chi connectivity index (χ1) is 6.00. The lowest BCUT2D eigenvalue weighted by Crippen LogP contribution is -1.91. The van der Waals surface area contributed by atoms with E-state index in [0.29, 0.717) is 0 Å². The second-order valence-corrected chi connectivity index (χ2v) is 2.52. The number of hydrogen-bond donors (Lipinski definition) is 0. The number of methoxy groups -OCH3 is 1. The van der Waals surface area contributed by atoms with Crippen LogP contribution < -0.4 is 4.74 Å². The van der Waals surface area contributed by atoms with Gasteiger partial charge in [-0.05, 0) is 12.1 Å². The highest BCUT2D eigenvalue weighted by molar-refractivity contribution is 9.10. The molecular formula is C7H5BrF2O. The third-order valence-electron chi connectivity index (χ3n) is 1.04. The van der Waals surface area contributed by atoms with Crippen molar-refractivity contribution in [3.05, 3.63) is 28.2 Å². The van der Waals surface area contributed by atoms with Crippen molar-refractivity contribution in [2.45, 2.75) is 0 Å². The molecule has 0 aromatic heterocycles. The summed E-state index contributed by atoms with van der Waals surface area (Å²) in [5, 5.41) is 0. The van der Waals surface area contributed by atoms with E-state index in [0.717, 1.165) is 7.11 Å². The predicted molar refractivity (Wildman–Crippen MR) is 40.6 cm³/mol. The van der Waals surface area contributed by atoms with Gasteiger partial charge in [-0.25, -0.2) is 4.39 Å². The Labute approximate surface area is 73.9 Å². The first kappa shape index (κ1) is 5.94. The van der Waals surface area contributed by atoms with Crippen LogP contribution in [0.2, 0.25) is 0 Å². The van der Waals surface area contributed by atoms with Gasteiger partial charge in [0, 0.05) is 4.47 Å². The molecule has 0 heterocycles. The highest BCUT2D eigenvalue weighted by atomic mass is 79.9. The van der Waals surface area contributed by atoms with Crippen LogP contribution in [0.3, 0.4) is 0 Å². The second kappa shape index (κ2) is 3.17. The van der Waals surface area contributed by atoms with E-state index in [1.165, 1.54) is 0 Å². The maximum atomic E-state index is 12.9. The maximum absolute atomic E-state index is 12.9. The molecule has 0 saturated carbocycles. The first-order valence-corrected chi connectivity index (χ1v) is 3.47. The summed E-state index contributed by atoms with van der Waals surface area (Å²) in [5.41, 5.74) is 0. The molecule has 60 valence electrons. The molecule has 0 fully saturated rings. The molecule has 0 unspecified atom stereocenters. The quantitative estimate of drug-likeness (QED) is 0.667. The van der Waals surface area contributed by atoms with Crippen LogP contribution >= 0.6 is 15.9 Å². The van der Waals surface area contributed by atoms with Crippen molar-refractivity contribution in [1.29, 1.82) is 0 Å². The summed E-state index contributed by atoms with van der Waals surface area (Å²) in [6.45, 7) is 0. The normalized spacial score (nSPS) is 12.4. The van der Waals surface area contributed by atoms with Gasteiger partial charge in [0.05, 0.1) is 9.85 Å².